The molecular weight excluding hydrogens is 255 g/mol. The van der Waals surface area contributed by atoms with Crippen LogP contribution >= 0.6 is 0 Å². The summed E-state index contributed by atoms with van der Waals surface area (Å²) in [6, 6.07) is 12.8. The van der Waals surface area contributed by atoms with Crippen LogP contribution in [-0.2, 0) is 3.79 Å². The van der Waals surface area contributed by atoms with Crippen molar-refractivity contribution in [3.8, 4) is 0 Å². The highest BCUT2D eigenvalue weighted by Gasteiger charge is 2.02. The topological polar surface area (TPSA) is 46.5 Å². The van der Waals surface area contributed by atoms with E-state index in [-0.39, 0.29) is 15.6 Å². The minimum Gasteiger partial charge on any atom is -0.503 e. The van der Waals surface area contributed by atoms with Crippen LogP contribution in [0.2, 0.25) is 5.28 Å². The van der Waals surface area contributed by atoms with Crippen molar-refractivity contribution in [3.63, 3.8) is 0 Å². The van der Waals surface area contributed by atoms with Crippen LogP contribution in [0, 0.1) is 0 Å². The molecule has 3 rings (SSSR count). The van der Waals surface area contributed by atoms with Crippen LogP contribution in [-0.4, -0.2) is 33.2 Å². The fourth-order valence-electron chi connectivity index (χ4n) is 2.01. The van der Waals surface area contributed by atoms with Gasteiger partial charge in [-0.25, -0.2) is 4.79 Å². The Balaban J connectivity index is 0.000000186. The van der Waals surface area contributed by atoms with Crippen molar-refractivity contribution >= 4 is 32.3 Å². The van der Waals surface area contributed by atoms with Crippen LogP contribution < -0.4 is 0 Å². The minimum absolute atomic E-state index is 0.00849. The molecule has 1 saturated heterocycles. The lowest BCUT2D eigenvalue weighted by molar-refractivity contribution is 0.0697. The lowest BCUT2D eigenvalue weighted by Gasteiger charge is -2.06. The molecule has 1 heterocycles. The SMILES string of the molecule is C1C[CH2][AlH][O]C1.O=C(O)c1ccc2ccccc2c1. The summed E-state index contributed by atoms with van der Waals surface area (Å²) < 4.78 is 5.21. The fourth-order valence-corrected chi connectivity index (χ4v) is 3.18. The minimum atomic E-state index is -0.884. The van der Waals surface area contributed by atoms with Gasteiger partial charge in [0.1, 0.15) is 0 Å². The van der Waals surface area contributed by atoms with Crippen molar-refractivity contribution in [1.29, 1.82) is 0 Å². The number of rotatable bonds is 1. The predicted octanol–water partition coefficient (Wildman–Crippen LogP) is 3.10. The van der Waals surface area contributed by atoms with Crippen molar-refractivity contribution in [1.82, 2.24) is 0 Å². The molecule has 1 N–H and O–H groups in total. The molecule has 3 nitrogen and oxygen atoms in total. The molecule has 0 radical (unpaired) electrons. The monoisotopic (exact) mass is 272 g/mol. The summed E-state index contributed by atoms with van der Waals surface area (Å²) in [6.07, 6.45) is 2.75. The standard InChI is InChI=1S/C11H8O2.C4H8O.Al.H/c12-11(13)10-6-5-8-3-1-2-4-9(8)7-10;1-2-3-4-5;;/h1-7H,(H,12,13);1-4H2;;/q;-1;+1;. The first-order chi connectivity index (χ1) is 9.27. The highest BCUT2D eigenvalue weighted by atomic mass is 27.1. The normalized spacial score (nSPS) is 14.1. The van der Waals surface area contributed by atoms with E-state index in [2.05, 4.69) is 0 Å². The van der Waals surface area contributed by atoms with E-state index in [1.165, 1.54) is 18.1 Å². The van der Waals surface area contributed by atoms with Gasteiger partial charge >= 0.3 is 21.5 Å². The maximum absolute atomic E-state index is 10.6. The van der Waals surface area contributed by atoms with Crippen molar-refractivity contribution in [2.75, 3.05) is 6.61 Å². The number of hydrogen-bond acceptors (Lipinski definition) is 2. The summed E-state index contributed by atoms with van der Waals surface area (Å²) in [5.41, 5.74) is 0.332. The lowest BCUT2D eigenvalue weighted by Crippen LogP contribution is -2.06. The molecule has 4 heteroatoms. The van der Waals surface area contributed by atoms with Gasteiger partial charge in [-0.15, -0.1) is 0 Å². The molecule has 0 aromatic heterocycles. The van der Waals surface area contributed by atoms with Crippen molar-refractivity contribution in [2.24, 2.45) is 0 Å². The van der Waals surface area contributed by atoms with Crippen LogP contribution in [0.5, 0.6) is 0 Å². The van der Waals surface area contributed by atoms with Gasteiger partial charge in [-0.3, -0.25) is 0 Å². The molecule has 0 saturated carbocycles. The third-order valence-electron chi connectivity index (χ3n) is 3.07. The molecule has 2 aromatic carbocycles. The summed E-state index contributed by atoms with van der Waals surface area (Å²) in [5.74, 6) is -0.884. The van der Waals surface area contributed by atoms with Crippen LogP contribution in [0.1, 0.15) is 23.2 Å². The second-order valence-corrected chi connectivity index (χ2v) is 6.06. The molecule has 1 fully saturated rings. The number of hydrogen-bond donors (Lipinski definition) is 1. The van der Waals surface area contributed by atoms with E-state index >= 15 is 0 Å². The second-order valence-electron chi connectivity index (χ2n) is 4.54. The summed E-state index contributed by atoms with van der Waals surface area (Å²) >= 11 is 0.00849. The summed E-state index contributed by atoms with van der Waals surface area (Å²) in [6.45, 7) is 1.06. The van der Waals surface area contributed by atoms with Crippen molar-refractivity contribution in [2.45, 2.75) is 18.1 Å². The fraction of sp³-hybridized carbons (Fsp3) is 0.267. The van der Waals surface area contributed by atoms with Crippen molar-refractivity contribution in [3.05, 3.63) is 48.0 Å². The highest BCUT2D eigenvalue weighted by Crippen LogP contribution is 2.15. The number of carbonyl (C=O) groups is 1. The molecule has 0 aliphatic carbocycles. The van der Waals surface area contributed by atoms with Gasteiger partial charge in [-0.1, -0.05) is 42.0 Å². The van der Waals surface area contributed by atoms with Gasteiger partial charge in [0.05, 0.1) is 5.56 Å². The van der Waals surface area contributed by atoms with E-state index in [0.29, 0.717) is 5.56 Å². The Morgan fingerprint density at radius 2 is 1.89 bits per heavy atom. The summed E-state index contributed by atoms with van der Waals surface area (Å²) in [5, 5.41) is 12.2. The average molecular weight is 272 g/mol. The third kappa shape index (κ3) is 4.36. The van der Waals surface area contributed by atoms with E-state index in [4.69, 9.17) is 8.90 Å². The Morgan fingerprint density at radius 3 is 2.42 bits per heavy atom. The lowest BCUT2D eigenvalue weighted by atomic mass is 10.1. The van der Waals surface area contributed by atoms with E-state index in [1.807, 2.05) is 30.3 Å². The van der Waals surface area contributed by atoms with Crippen molar-refractivity contribution < 1.29 is 13.7 Å². The third-order valence-corrected chi connectivity index (χ3v) is 4.44. The van der Waals surface area contributed by atoms with Gasteiger partial charge in [0.15, 0.2) is 0 Å². The number of carboxylic acids is 1. The Hall–Kier alpha value is -1.34. The van der Waals surface area contributed by atoms with E-state index in [9.17, 15) is 4.79 Å². The zero-order valence-electron chi connectivity index (χ0n) is 10.8. The number of fused-ring (bicyclic) bond motifs is 1. The highest BCUT2D eigenvalue weighted by molar-refractivity contribution is 6.27. The van der Waals surface area contributed by atoms with Gasteiger partial charge in [0.25, 0.3) is 0 Å². The summed E-state index contributed by atoms with van der Waals surface area (Å²) in [4.78, 5) is 10.6. The Labute approximate surface area is 119 Å². The average Bonchev–Trinajstić information content (AvgIpc) is 2.49. The zero-order chi connectivity index (χ0) is 13.5. The van der Waals surface area contributed by atoms with Gasteiger partial charge in [0.2, 0.25) is 0 Å². The first-order valence-corrected chi connectivity index (χ1v) is 8.15. The number of aromatic carboxylic acids is 1. The molecule has 1 aliphatic heterocycles. The molecule has 0 unspecified atom stereocenters. The first-order valence-electron chi connectivity index (χ1n) is 6.57. The second kappa shape index (κ2) is 7.30. The molecule has 0 atom stereocenters. The maximum atomic E-state index is 10.6. The van der Waals surface area contributed by atoms with Gasteiger partial charge in [-0.2, -0.15) is 0 Å². The van der Waals surface area contributed by atoms with Gasteiger partial charge in [0, 0.05) is 6.61 Å². The largest absolute Gasteiger partial charge is 0.503 e. The summed E-state index contributed by atoms with van der Waals surface area (Å²) in [7, 11) is 0. The van der Waals surface area contributed by atoms with Crippen LogP contribution in [0.4, 0.5) is 0 Å². The van der Waals surface area contributed by atoms with Gasteiger partial charge in [-0.05, 0) is 29.3 Å². The van der Waals surface area contributed by atoms with Crippen LogP contribution in [0.15, 0.2) is 42.5 Å². The molecule has 1 aliphatic rings. The van der Waals surface area contributed by atoms with Crippen LogP contribution in [0.3, 0.4) is 0 Å². The molecule has 19 heavy (non-hydrogen) atoms. The quantitative estimate of drug-likeness (QED) is 0.811. The molecule has 0 bridgehead atoms. The maximum Gasteiger partial charge on any atom is 0.435 e. The number of benzene rings is 2. The predicted molar refractivity (Wildman–Crippen MR) is 78.0 cm³/mol. The molecule has 98 valence electrons. The zero-order valence-corrected chi connectivity index (χ0v) is 12.3. The molecule has 2 aromatic rings. The number of carboxylic acid groups (broad SMARTS) is 1. The van der Waals surface area contributed by atoms with E-state index in [0.717, 1.165) is 17.4 Å². The molecule has 0 spiro atoms. The molecular formula is C15H17AlO3. The van der Waals surface area contributed by atoms with E-state index in [1.54, 1.807) is 12.1 Å². The van der Waals surface area contributed by atoms with E-state index < -0.39 is 5.97 Å². The first kappa shape index (κ1) is 14.1. The Bertz CT molecular complexity index is 538. The Morgan fingerprint density at radius 1 is 1.11 bits per heavy atom. The molecule has 0 amide bonds. The Kier molecular flexibility index (Phi) is 5.41. The smallest absolute Gasteiger partial charge is 0.435 e. The van der Waals surface area contributed by atoms with Crippen LogP contribution in [0.25, 0.3) is 10.8 Å². The van der Waals surface area contributed by atoms with Gasteiger partial charge < -0.3 is 8.90 Å².